The number of hydrogen-bond donors (Lipinski definition) is 0. The predicted octanol–water partition coefficient (Wildman–Crippen LogP) is 3.67. The molecule has 0 bridgehead atoms. The summed E-state index contributed by atoms with van der Waals surface area (Å²) < 4.78 is 1.91. The van der Waals surface area contributed by atoms with Gasteiger partial charge >= 0.3 is 0 Å². The van der Waals surface area contributed by atoms with Crippen molar-refractivity contribution in [1.82, 2.24) is 9.78 Å². The quantitative estimate of drug-likeness (QED) is 0.697. The third kappa shape index (κ3) is 3.08. The third-order valence-corrected chi connectivity index (χ3v) is 3.29. The molecule has 1 aromatic heterocycles. The summed E-state index contributed by atoms with van der Waals surface area (Å²) in [5, 5.41) is 4.29. The molecule has 1 unspecified atom stereocenters. The van der Waals surface area contributed by atoms with Gasteiger partial charge in [0.15, 0.2) is 0 Å². The van der Waals surface area contributed by atoms with Crippen LogP contribution in [0.5, 0.6) is 0 Å². The van der Waals surface area contributed by atoms with E-state index in [4.69, 9.17) is 0 Å². The first-order valence-corrected chi connectivity index (χ1v) is 6.11. The van der Waals surface area contributed by atoms with E-state index in [1.165, 1.54) is 37.7 Å². The highest BCUT2D eigenvalue weighted by Gasteiger charge is 2.26. The van der Waals surface area contributed by atoms with Crippen molar-refractivity contribution in [3.8, 4) is 0 Å². The molecule has 0 aromatic carbocycles. The van der Waals surface area contributed by atoms with E-state index in [1.54, 1.807) is 0 Å². The molecule has 0 saturated heterocycles. The maximum Gasteiger partial charge on any atom is 0.0527 e. The highest BCUT2D eigenvalue weighted by atomic mass is 15.2. The zero-order valence-corrected chi connectivity index (χ0v) is 10.6. The molecule has 0 aliphatic carbocycles. The minimum absolute atomic E-state index is 0.332. The largest absolute Gasteiger partial charge is 0.276 e. The van der Waals surface area contributed by atoms with Gasteiger partial charge in [-0.3, -0.25) is 4.68 Å². The molecule has 0 N–H and O–H groups in total. The van der Waals surface area contributed by atoms with Crippen molar-refractivity contribution in [2.75, 3.05) is 0 Å². The molecule has 86 valence electrons. The van der Waals surface area contributed by atoms with Crippen molar-refractivity contribution in [2.24, 2.45) is 7.05 Å². The summed E-state index contributed by atoms with van der Waals surface area (Å²) in [6, 6.07) is 0. The standard InChI is InChI=1S/C13H24N2/c1-5-7-9-13(3,8-6-2)12-10-14-15(4)11-12/h10-11H,5-9H2,1-4H3. The number of hydrogen-bond acceptors (Lipinski definition) is 1. The maximum atomic E-state index is 4.29. The van der Waals surface area contributed by atoms with E-state index >= 15 is 0 Å². The number of nitrogens with zero attached hydrogens (tertiary/aromatic N) is 2. The van der Waals surface area contributed by atoms with Crippen molar-refractivity contribution in [3.05, 3.63) is 18.0 Å². The van der Waals surface area contributed by atoms with Crippen LogP contribution in [0.15, 0.2) is 12.4 Å². The van der Waals surface area contributed by atoms with Gasteiger partial charge in [0, 0.05) is 13.2 Å². The van der Waals surface area contributed by atoms with E-state index in [0.717, 1.165) is 0 Å². The summed E-state index contributed by atoms with van der Waals surface area (Å²) in [7, 11) is 2.00. The summed E-state index contributed by atoms with van der Waals surface area (Å²) in [5.74, 6) is 0. The SMILES string of the molecule is CCCCC(C)(CCC)c1cnn(C)c1. The Morgan fingerprint density at radius 2 is 2.00 bits per heavy atom. The fraction of sp³-hybridized carbons (Fsp3) is 0.769. The summed E-state index contributed by atoms with van der Waals surface area (Å²) in [5.41, 5.74) is 1.74. The minimum Gasteiger partial charge on any atom is -0.276 e. The molecule has 1 aromatic rings. The first-order valence-electron chi connectivity index (χ1n) is 6.11. The van der Waals surface area contributed by atoms with E-state index in [-0.39, 0.29) is 0 Å². The van der Waals surface area contributed by atoms with Crippen molar-refractivity contribution in [3.63, 3.8) is 0 Å². The van der Waals surface area contributed by atoms with Crippen LogP contribution in [0.4, 0.5) is 0 Å². The first-order chi connectivity index (χ1) is 7.12. The third-order valence-electron chi connectivity index (χ3n) is 3.29. The molecule has 1 rings (SSSR count). The molecule has 0 saturated carbocycles. The van der Waals surface area contributed by atoms with Crippen LogP contribution in [-0.4, -0.2) is 9.78 Å². The number of rotatable bonds is 6. The minimum atomic E-state index is 0.332. The summed E-state index contributed by atoms with van der Waals surface area (Å²) in [6.07, 6.45) is 10.6. The van der Waals surface area contributed by atoms with Gasteiger partial charge in [-0.1, -0.05) is 40.0 Å². The van der Waals surface area contributed by atoms with Gasteiger partial charge in [0.1, 0.15) is 0 Å². The van der Waals surface area contributed by atoms with Gasteiger partial charge in [-0.05, 0) is 23.8 Å². The second kappa shape index (κ2) is 5.34. The molecule has 0 fully saturated rings. The van der Waals surface area contributed by atoms with E-state index in [1.807, 2.05) is 17.9 Å². The molecule has 0 aliphatic heterocycles. The maximum absolute atomic E-state index is 4.29. The second-order valence-corrected chi connectivity index (χ2v) is 4.82. The number of aromatic nitrogens is 2. The molecular formula is C13H24N2. The van der Waals surface area contributed by atoms with Crippen LogP contribution >= 0.6 is 0 Å². The van der Waals surface area contributed by atoms with Crippen LogP contribution in [0.25, 0.3) is 0 Å². The van der Waals surface area contributed by atoms with Crippen LogP contribution in [0.3, 0.4) is 0 Å². The van der Waals surface area contributed by atoms with Gasteiger partial charge in [0.2, 0.25) is 0 Å². The Labute approximate surface area is 93.7 Å². The Bertz CT molecular complexity index is 290. The Morgan fingerprint density at radius 1 is 1.27 bits per heavy atom. The molecule has 15 heavy (non-hydrogen) atoms. The van der Waals surface area contributed by atoms with E-state index in [2.05, 4.69) is 32.1 Å². The molecule has 1 heterocycles. The molecule has 0 radical (unpaired) electrons. The van der Waals surface area contributed by atoms with Crippen LogP contribution in [0, 0.1) is 0 Å². The van der Waals surface area contributed by atoms with E-state index in [0.29, 0.717) is 5.41 Å². The second-order valence-electron chi connectivity index (χ2n) is 4.82. The molecule has 1 atom stereocenters. The van der Waals surface area contributed by atoms with Crippen molar-refractivity contribution >= 4 is 0 Å². The highest BCUT2D eigenvalue weighted by molar-refractivity contribution is 5.17. The summed E-state index contributed by atoms with van der Waals surface area (Å²) in [6.45, 7) is 6.90. The Hall–Kier alpha value is -0.790. The Morgan fingerprint density at radius 3 is 2.47 bits per heavy atom. The number of unbranched alkanes of at least 4 members (excludes halogenated alkanes) is 1. The van der Waals surface area contributed by atoms with E-state index < -0.39 is 0 Å². The average molecular weight is 208 g/mol. The first kappa shape index (κ1) is 12.3. The van der Waals surface area contributed by atoms with Crippen molar-refractivity contribution in [1.29, 1.82) is 0 Å². The topological polar surface area (TPSA) is 17.8 Å². The van der Waals surface area contributed by atoms with Crippen LogP contribution < -0.4 is 0 Å². The van der Waals surface area contributed by atoms with E-state index in [9.17, 15) is 0 Å². The lowest BCUT2D eigenvalue weighted by atomic mass is 9.76. The molecule has 2 heteroatoms. The lowest BCUT2D eigenvalue weighted by Crippen LogP contribution is -2.21. The Balaban J connectivity index is 2.79. The van der Waals surface area contributed by atoms with Gasteiger partial charge in [0.05, 0.1) is 6.20 Å². The Kier molecular flexibility index (Phi) is 4.37. The van der Waals surface area contributed by atoms with Gasteiger partial charge in [-0.2, -0.15) is 5.10 Å². The van der Waals surface area contributed by atoms with Gasteiger partial charge in [-0.15, -0.1) is 0 Å². The summed E-state index contributed by atoms with van der Waals surface area (Å²) >= 11 is 0. The van der Waals surface area contributed by atoms with Gasteiger partial charge in [-0.25, -0.2) is 0 Å². The molecule has 2 nitrogen and oxygen atoms in total. The average Bonchev–Trinajstić information content (AvgIpc) is 2.63. The fourth-order valence-electron chi connectivity index (χ4n) is 2.27. The molecular weight excluding hydrogens is 184 g/mol. The molecule has 0 spiro atoms. The summed E-state index contributed by atoms with van der Waals surface area (Å²) in [4.78, 5) is 0. The molecule has 0 aliphatic rings. The van der Waals surface area contributed by atoms with Gasteiger partial charge < -0.3 is 0 Å². The fourth-order valence-corrected chi connectivity index (χ4v) is 2.27. The highest BCUT2D eigenvalue weighted by Crippen LogP contribution is 2.33. The van der Waals surface area contributed by atoms with Crippen LogP contribution in [0.1, 0.15) is 58.4 Å². The van der Waals surface area contributed by atoms with Crippen LogP contribution in [-0.2, 0) is 12.5 Å². The lowest BCUT2D eigenvalue weighted by molar-refractivity contribution is 0.382. The normalized spacial score (nSPS) is 15.2. The van der Waals surface area contributed by atoms with Gasteiger partial charge in [0.25, 0.3) is 0 Å². The zero-order chi connectivity index (χ0) is 11.3. The smallest absolute Gasteiger partial charge is 0.0527 e. The lowest BCUT2D eigenvalue weighted by Gasteiger charge is -2.28. The predicted molar refractivity (Wildman–Crippen MR) is 65.0 cm³/mol. The van der Waals surface area contributed by atoms with Crippen molar-refractivity contribution in [2.45, 2.75) is 58.3 Å². The monoisotopic (exact) mass is 208 g/mol. The van der Waals surface area contributed by atoms with Crippen molar-refractivity contribution < 1.29 is 0 Å². The van der Waals surface area contributed by atoms with Crippen LogP contribution in [0.2, 0.25) is 0 Å². The molecule has 0 amide bonds. The zero-order valence-electron chi connectivity index (χ0n) is 10.6. The number of aryl methyl sites for hydroxylation is 1.